The number of nitrogens with zero attached hydrogens (tertiary/aromatic N) is 4. The van der Waals surface area contributed by atoms with E-state index >= 15 is 0 Å². The number of hydrogen-bond donors (Lipinski definition) is 0. The van der Waals surface area contributed by atoms with Gasteiger partial charge in [-0.15, -0.1) is 11.3 Å². The van der Waals surface area contributed by atoms with Crippen molar-refractivity contribution in [3.05, 3.63) is 34.1 Å². The van der Waals surface area contributed by atoms with Crippen molar-refractivity contribution >= 4 is 17.2 Å². The highest BCUT2D eigenvalue weighted by Gasteiger charge is 2.38. The summed E-state index contributed by atoms with van der Waals surface area (Å²) in [6.45, 7) is 7.72. The standard InChI is InChI=1S/C18H24N4O2S/c1-12(2)17-5-16(20-24-17)18(23)22-7-13-3-4-15(22)9-21(6-13)8-14-10-25-11-19-14/h5,10-13,15H,3-4,6-9H2,1-2H3/t13-,15+/m0/s1. The summed E-state index contributed by atoms with van der Waals surface area (Å²) >= 11 is 1.64. The van der Waals surface area contributed by atoms with Crippen LogP contribution in [0.2, 0.25) is 0 Å². The van der Waals surface area contributed by atoms with Crippen LogP contribution in [-0.4, -0.2) is 51.5 Å². The molecule has 2 bridgehead atoms. The first-order chi connectivity index (χ1) is 12.1. The Hall–Kier alpha value is -1.73. The van der Waals surface area contributed by atoms with E-state index in [4.69, 9.17) is 4.52 Å². The molecule has 5 heterocycles. The van der Waals surface area contributed by atoms with Crippen LogP contribution < -0.4 is 0 Å². The molecule has 1 amide bonds. The molecule has 2 aromatic heterocycles. The first kappa shape index (κ1) is 16.7. The van der Waals surface area contributed by atoms with Crippen molar-refractivity contribution in [2.45, 2.75) is 45.2 Å². The SMILES string of the molecule is CC(C)c1cc(C(=O)N2C[C@H]3CC[C@@H]2CN(Cc2cscn2)C3)no1. The summed E-state index contributed by atoms with van der Waals surface area (Å²) in [5.74, 6) is 1.55. The molecule has 0 spiro atoms. The van der Waals surface area contributed by atoms with E-state index in [0.717, 1.165) is 44.1 Å². The van der Waals surface area contributed by atoms with Gasteiger partial charge in [-0.25, -0.2) is 4.98 Å². The van der Waals surface area contributed by atoms with Crippen LogP contribution in [0.15, 0.2) is 21.5 Å². The second kappa shape index (κ2) is 6.88. The molecule has 2 aromatic rings. The van der Waals surface area contributed by atoms with E-state index in [2.05, 4.69) is 20.4 Å². The van der Waals surface area contributed by atoms with Crippen LogP contribution in [0.1, 0.15) is 54.5 Å². The first-order valence-electron chi connectivity index (χ1n) is 8.97. The van der Waals surface area contributed by atoms with Crippen LogP contribution in [0, 0.1) is 5.92 Å². The molecular formula is C18H24N4O2S. The van der Waals surface area contributed by atoms with Crippen molar-refractivity contribution in [2.75, 3.05) is 19.6 Å². The number of amides is 1. The quantitative estimate of drug-likeness (QED) is 0.839. The van der Waals surface area contributed by atoms with Gasteiger partial charge in [-0.05, 0) is 18.8 Å². The van der Waals surface area contributed by atoms with E-state index in [1.807, 2.05) is 24.3 Å². The molecule has 0 radical (unpaired) electrons. The lowest BCUT2D eigenvalue weighted by atomic mass is 9.94. The van der Waals surface area contributed by atoms with Gasteiger partial charge in [-0.3, -0.25) is 9.69 Å². The molecule has 3 aliphatic heterocycles. The van der Waals surface area contributed by atoms with E-state index in [9.17, 15) is 4.79 Å². The maximum atomic E-state index is 13.0. The van der Waals surface area contributed by atoms with Gasteiger partial charge in [0.25, 0.3) is 5.91 Å². The number of carbonyl (C=O) groups excluding carboxylic acids is 1. The van der Waals surface area contributed by atoms with E-state index in [-0.39, 0.29) is 17.9 Å². The Bertz CT molecular complexity index is 727. The van der Waals surface area contributed by atoms with Crippen LogP contribution >= 0.6 is 11.3 Å². The van der Waals surface area contributed by atoms with Crippen molar-refractivity contribution in [1.29, 1.82) is 0 Å². The Balaban J connectivity index is 1.48. The van der Waals surface area contributed by atoms with Crippen LogP contribution in [0.4, 0.5) is 0 Å². The largest absolute Gasteiger partial charge is 0.360 e. The van der Waals surface area contributed by atoms with Crippen molar-refractivity contribution in [3.8, 4) is 0 Å². The number of fused-ring (bicyclic) bond motifs is 4. The lowest BCUT2D eigenvalue weighted by Crippen LogP contribution is -2.47. The summed E-state index contributed by atoms with van der Waals surface area (Å²) in [5, 5.41) is 6.13. The van der Waals surface area contributed by atoms with Crippen LogP contribution in [0.25, 0.3) is 0 Å². The zero-order valence-corrected chi connectivity index (χ0v) is 15.5. The van der Waals surface area contributed by atoms with E-state index in [1.165, 1.54) is 6.42 Å². The van der Waals surface area contributed by atoms with Gasteiger partial charge in [0.05, 0.1) is 11.2 Å². The van der Waals surface area contributed by atoms with Gasteiger partial charge in [-0.2, -0.15) is 0 Å². The minimum atomic E-state index is 0.0147. The Morgan fingerprint density at radius 1 is 1.36 bits per heavy atom. The highest BCUT2D eigenvalue weighted by Crippen LogP contribution is 2.30. The fraction of sp³-hybridized carbons (Fsp3) is 0.611. The smallest absolute Gasteiger partial charge is 0.276 e. The molecule has 3 fully saturated rings. The molecule has 0 aliphatic carbocycles. The van der Waals surface area contributed by atoms with Gasteiger partial charge in [0, 0.05) is 49.6 Å². The van der Waals surface area contributed by atoms with Gasteiger partial charge in [-0.1, -0.05) is 19.0 Å². The number of rotatable bonds is 4. The third-order valence-corrected chi connectivity index (χ3v) is 5.87. The average Bonchev–Trinajstić information content (AvgIpc) is 3.20. The number of hydrogen-bond acceptors (Lipinski definition) is 6. The second-order valence-corrected chi connectivity index (χ2v) is 8.22. The minimum absolute atomic E-state index is 0.0147. The van der Waals surface area contributed by atoms with Crippen LogP contribution in [0.5, 0.6) is 0 Å². The average molecular weight is 360 g/mol. The Kier molecular flexibility index (Phi) is 4.60. The van der Waals surface area contributed by atoms with E-state index < -0.39 is 0 Å². The highest BCUT2D eigenvalue weighted by molar-refractivity contribution is 7.07. The molecule has 2 atom stereocenters. The zero-order valence-electron chi connectivity index (χ0n) is 14.7. The summed E-state index contributed by atoms with van der Waals surface area (Å²) in [6.07, 6.45) is 2.26. The second-order valence-electron chi connectivity index (χ2n) is 7.50. The summed E-state index contributed by atoms with van der Waals surface area (Å²) in [5.41, 5.74) is 3.46. The van der Waals surface area contributed by atoms with Gasteiger partial charge < -0.3 is 9.42 Å². The molecule has 25 heavy (non-hydrogen) atoms. The minimum Gasteiger partial charge on any atom is -0.360 e. The van der Waals surface area contributed by atoms with Crippen molar-refractivity contribution < 1.29 is 9.32 Å². The van der Waals surface area contributed by atoms with Crippen molar-refractivity contribution in [1.82, 2.24) is 19.9 Å². The molecular weight excluding hydrogens is 336 g/mol. The fourth-order valence-electron chi connectivity index (χ4n) is 3.91. The van der Waals surface area contributed by atoms with Crippen molar-refractivity contribution in [3.63, 3.8) is 0 Å². The number of aromatic nitrogens is 2. The summed E-state index contributed by atoms with van der Waals surface area (Å²) in [6, 6.07) is 2.06. The number of carbonyl (C=O) groups is 1. The highest BCUT2D eigenvalue weighted by atomic mass is 32.1. The molecule has 3 saturated heterocycles. The Morgan fingerprint density at radius 2 is 2.24 bits per heavy atom. The molecule has 3 aliphatic rings. The predicted octanol–water partition coefficient (Wildman–Crippen LogP) is 2.99. The number of thiazole rings is 1. The Morgan fingerprint density at radius 3 is 2.96 bits per heavy atom. The molecule has 6 nitrogen and oxygen atoms in total. The maximum absolute atomic E-state index is 13.0. The lowest BCUT2D eigenvalue weighted by Gasteiger charge is -2.35. The Labute approximate surface area is 151 Å². The summed E-state index contributed by atoms with van der Waals surface area (Å²) in [4.78, 5) is 21.9. The van der Waals surface area contributed by atoms with Gasteiger partial charge in [0.15, 0.2) is 5.69 Å². The molecule has 0 aromatic carbocycles. The van der Waals surface area contributed by atoms with Gasteiger partial charge in [0.2, 0.25) is 0 Å². The normalized spacial score (nSPS) is 24.0. The zero-order chi connectivity index (χ0) is 17.4. The molecule has 0 unspecified atom stereocenters. The lowest BCUT2D eigenvalue weighted by molar-refractivity contribution is 0.0574. The monoisotopic (exact) mass is 360 g/mol. The first-order valence-corrected chi connectivity index (χ1v) is 9.91. The number of piperidine rings is 1. The molecule has 0 N–H and O–H groups in total. The molecule has 7 heteroatoms. The molecule has 134 valence electrons. The third-order valence-electron chi connectivity index (χ3n) is 5.24. The molecule has 5 rings (SSSR count). The topological polar surface area (TPSA) is 62.5 Å². The maximum Gasteiger partial charge on any atom is 0.276 e. The fourth-order valence-corrected chi connectivity index (χ4v) is 4.46. The van der Waals surface area contributed by atoms with Gasteiger partial charge >= 0.3 is 0 Å². The van der Waals surface area contributed by atoms with Crippen molar-refractivity contribution in [2.24, 2.45) is 5.92 Å². The third kappa shape index (κ3) is 3.48. The van der Waals surface area contributed by atoms with E-state index in [1.54, 1.807) is 17.4 Å². The summed E-state index contributed by atoms with van der Waals surface area (Å²) in [7, 11) is 0. The summed E-state index contributed by atoms with van der Waals surface area (Å²) < 4.78 is 5.33. The van der Waals surface area contributed by atoms with Crippen LogP contribution in [0.3, 0.4) is 0 Å². The van der Waals surface area contributed by atoms with Gasteiger partial charge in [0.1, 0.15) is 5.76 Å². The van der Waals surface area contributed by atoms with E-state index in [0.29, 0.717) is 11.6 Å². The predicted molar refractivity (Wildman–Crippen MR) is 95.5 cm³/mol. The van der Waals surface area contributed by atoms with Crippen LogP contribution in [-0.2, 0) is 6.54 Å². The molecule has 0 saturated carbocycles.